The fourth-order valence-electron chi connectivity index (χ4n) is 2.48. The van der Waals surface area contributed by atoms with E-state index in [4.69, 9.17) is 14.6 Å². The minimum absolute atomic E-state index is 0.0710. The molecule has 1 fully saturated rings. The van der Waals surface area contributed by atoms with Gasteiger partial charge >= 0.3 is 7.82 Å². The SMILES string of the molecule is CON1C(=O)[C@H](Cc2ccc(OP(=O)(O)O)cc2)NC1(C)C. The molecular weight excluding hydrogens is 311 g/mol. The van der Waals surface area contributed by atoms with Gasteiger partial charge in [0.15, 0.2) is 0 Å². The largest absolute Gasteiger partial charge is 0.524 e. The molecule has 0 unspecified atom stereocenters. The summed E-state index contributed by atoms with van der Waals surface area (Å²) >= 11 is 0. The van der Waals surface area contributed by atoms with Gasteiger partial charge in [0.05, 0.1) is 13.2 Å². The van der Waals surface area contributed by atoms with Gasteiger partial charge in [-0.2, -0.15) is 0 Å². The lowest BCUT2D eigenvalue weighted by Crippen LogP contribution is -2.46. The van der Waals surface area contributed by atoms with Gasteiger partial charge in [0.25, 0.3) is 5.91 Å². The van der Waals surface area contributed by atoms with Gasteiger partial charge in [-0.05, 0) is 38.0 Å². The van der Waals surface area contributed by atoms with Gasteiger partial charge in [-0.25, -0.2) is 9.63 Å². The number of carbonyl (C=O) groups is 1. The molecule has 0 radical (unpaired) electrons. The molecule has 2 rings (SSSR count). The Balaban J connectivity index is 2.06. The number of phosphoric ester groups is 1. The second-order valence-corrected chi connectivity index (χ2v) is 6.66. The van der Waals surface area contributed by atoms with Crippen LogP contribution in [0.25, 0.3) is 0 Å². The smallest absolute Gasteiger partial charge is 0.404 e. The van der Waals surface area contributed by atoms with Crippen molar-refractivity contribution < 1.29 is 28.5 Å². The average molecular weight is 330 g/mol. The van der Waals surface area contributed by atoms with Gasteiger partial charge in [0.1, 0.15) is 11.4 Å². The highest BCUT2D eigenvalue weighted by Crippen LogP contribution is 2.37. The van der Waals surface area contributed by atoms with E-state index in [0.717, 1.165) is 5.56 Å². The molecule has 0 aliphatic carbocycles. The Kier molecular flexibility index (Phi) is 4.60. The molecule has 1 aromatic carbocycles. The first-order valence-electron chi connectivity index (χ1n) is 6.62. The maximum atomic E-state index is 12.2. The fourth-order valence-corrected chi connectivity index (χ4v) is 2.88. The van der Waals surface area contributed by atoms with Crippen molar-refractivity contribution in [1.82, 2.24) is 10.4 Å². The summed E-state index contributed by atoms with van der Waals surface area (Å²) in [6.45, 7) is 3.68. The van der Waals surface area contributed by atoms with Crippen LogP contribution >= 0.6 is 7.82 Å². The van der Waals surface area contributed by atoms with Crippen LogP contribution in [0, 0.1) is 0 Å². The van der Waals surface area contributed by atoms with Crippen molar-refractivity contribution in [3.05, 3.63) is 29.8 Å². The molecule has 9 heteroatoms. The second kappa shape index (κ2) is 5.98. The molecule has 1 atom stereocenters. The summed E-state index contributed by atoms with van der Waals surface area (Å²) in [7, 11) is -3.12. The molecule has 122 valence electrons. The van der Waals surface area contributed by atoms with Gasteiger partial charge in [0.2, 0.25) is 0 Å². The number of nitrogens with one attached hydrogen (secondary N) is 1. The molecule has 1 aromatic rings. The van der Waals surface area contributed by atoms with Crippen LogP contribution in [0.3, 0.4) is 0 Å². The summed E-state index contributed by atoms with van der Waals surface area (Å²) in [6, 6.07) is 5.79. The van der Waals surface area contributed by atoms with Crippen LogP contribution in [0.15, 0.2) is 24.3 Å². The number of nitrogens with zero attached hydrogens (tertiary/aromatic N) is 1. The lowest BCUT2D eigenvalue weighted by Gasteiger charge is -2.28. The Labute approximate surface area is 128 Å². The zero-order chi connectivity index (χ0) is 16.5. The van der Waals surface area contributed by atoms with Crippen LogP contribution < -0.4 is 9.84 Å². The summed E-state index contributed by atoms with van der Waals surface area (Å²) in [5.74, 6) is -0.0929. The Morgan fingerprint density at radius 2 is 1.91 bits per heavy atom. The average Bonchev–Trinajstić information content (AvgIpc) is 2.59. The third-order valence-electron chi connectivity index (χ3n) is 3.30. The van der Waals surface area contributed by atoms with Crippen LogP contribution in [0.2, 0.25) is 0 Å². The molecular formula is C13H19N2O6P. The van der Waals surface area contributed by atoms with E-state index in [1.165, 1.54) is 24.3 Å². The topological polar surface area (TPSA) is 108 Å². The second-order valence-electron chi connectivity index (χ2n) is 5.50. The van der Waals surface area contributed by atoms with Crippen LogP contribution in [0.1, 0.15) is 19.4 Å². The zero-order valence-corrected chi connectivity index (χ0v) is 13.4. The lowest BCUT2D eigenvalue weighted by molar-refractivity contribution is -0.192. The van der Waals surface area contributed by atoms with Crippen molar-refractivity contribution in [3.8, 4) is 5.75 Å². The molecule has 0 aromatic heterocycles. The summed E-state index contributed by atoms with van der Waals surface area (Å²) < 4.78 is 15.2. The third-order valence-corrected chi connectivity index (χ3v) is 3.75. The molecule has 8 nitrogen and oxygen atoms in total. The third kappa shape index (κ3) is 3.85. The Bertz CT molecular complexity index is 597. The normalized spacial score (nSPS) is 21.2. The first-order valence-corrected chi connectivity index (χ1v) is 8.15. The lowest BCUT2D eigenvalue weighted by atomic mass is 10.1. The van der Waals surface area contributed by atoms with Crippen molar-refractivity contribution in [3.63, 3.8) is 0 Å². The van der Waals surface area contributed by atoms with E-state index in [0.29, 0.717) is 6.42 Å². The van der Waals surface area contributed by atoms with E-state index in [9.17, 15) is 9.36 Å². The zero-order valence-electron chi connectivity index (χ0n) is 12.5. The molecule has 1 saturated heterocycles. The molecule has 1 amide bonds. The van der Waals surface area contributed by atoms with E-state index in [1.807, 2.05) is 13.8 Å². The number of hydrogen-bond donors (Lipinski definition) is 3. The highest BCUT2D eigenvalue weighted by atomic mass is 31.2. The van der Waals surface area contributed by atoms with E-state index < -0.39 is 19.5 Å². The number of benzene rings is 1. The van der Waals surface area contributed by atoms with Gasteiger partial charge in [-0.15, -0.1) is 0 Å². The molecule has 1 aliphatic rings. The number of phosphoric acid groups is 1. The van der Waals surface area contributed by atoms with Crippen LogP contribution in [0.5, 0.6) is 5.75 Å². The minimum atomic E-state index is -4.56. The molecule has 22 heavy (non-hydrogen) atoms. The summed E-state index contributed by atoms with van der Waals surface area (Å²) in [4.78, 5) is 34.8. The standard InChI is InChI=1S/C13H19N2O6P/c1-13(2)14-11(12(16)15(13)20-3)8-9-4-6-10(7-5-9)21-22(17,18)19/h4-7,11,14H,8H2,1-3H3,(H2,17,18,19)/t11-/m0/s1. The molecule has 1 aliphatic heterocycles. The quantitative estimate of drug-likeness (QED) is 0.685. The molecule has 0 bridgehead atoms. The number of hydrogen-bond acceptors (Lipinski definition) is 5. The Morgan fingerprint density at radius 3 is 2.36 bits per heavy atom. The van der Waals surface area contributed by atoms with Crippen molar-refractivity contribution in [1.29, 1.82) is 0 Å². The van der Waals surface area contributed by atoms with Crippen LogP contribution in [-0.2, 0) is 20.6 Å². The van der Waals surface area contributed by atoms with Crippen molar-refractivity contribution in [2.75, 3.05) is 7.11 Å². The van der Waals surface area contributed by atoms with Crippen molar-refractivity contribution in [2.24, 2.45) is 0 Å². The Hall–Kier alpha value is -1.44. The Morgan fingerprint density at radius 1 is 1.32 bits per heavy atom. The van der Waals surface area contributed by atoms with Crippen molar-refractivity contribution in [2.45, 2.75) is 32.0 Å². The van der Waals surface area contributed by atoms with Gasteiger partial charge in [-0.3, -0.25) is 24.7 Å². The monoisotopic (exact) mass is 330 g/mol. The van der Waals surface area contributed by atoms with Crippen LogP contribution in [0.4, 0.5) is 0 Å². The summed E-state index contributed by atoms with van der Waals surface area (Å²) in [5.41, 5.74) is 0.234. The van der Waals surface area contributed by atoms with Crippen LogP contribution in [-0.4, -0.2) is 39.6 Å². The van der Waals surface area contributed by atoms with E-state index in [1.54, 1.807) is 12.1 Å². The first kappa shape index (κ1) is 16.9. The number of amides is 1. The van der Waals surface area contributed by atoms with Gasteiger partial charge < -0.3 is 4.52 Å². The first-order chi connectivity index (χ1) is 10.1. The maximum Gasteiger partial charge on any atom is 0.524 e. The van der Waals surface area contributed by atoms with E-state index in [2.05, 4.69) is 9.84 Å². The highest BCUT2D eigenvalue weighted by molar-refractivity contribution is 7.46. The minimum Gasteiger partial charge on any atom is -0.404 e. The van der Waals surface area contributed by atoms with E-state index in [-0.39, 0.29) is 11.7 Å². The predicted molar refractivity (Wildman–Crippen MR) is 77.7 cm³/mol. The number of rotatable bonds is 5. The molecule has 0 saturated carbocycles. The van der Waals surface area contributed by atoms with Gasteiger partial charge in [-0.1, -0.05) is 12.1 Å². The van der Waals surface area contributed by atoms with E-state index >= 15 is 0 Å². The number of hydroxylamine groups is 2. The molecule has 1 heterocycles. The summed E-state index contributed by atoms with van der Waals surface area (Å²) in [6.07, 6.45) is 0.429. The highest BCUT2D eigenvalue weighted by Gasteiger charge is 2.44. The molecule has 0 spiro atoms. The molecule has 3 N–H and O–H groups in total. The van der Waals surface area contributed by atoms with Crippen molar-refractivity contribution >= 4 is 13.7 Å². The summed E-state index contributed by atoms with van der Waals surface area (Å²) in [5, 5.41) is 4.47. The predicted octanol–water partition coefficient (Wildman–Crippen LogP) is 0.798. The number of carbonyl (C=O) groups excluding carboxylic acids is 1. The maximum absolute atomic E-state index is 12.2. The van der Waals surface area contributed by atoms with Gasteiger partial charge in [0, 0.05) is 0 Å². The fraction of sp³-hybridized carbons (Fsp3) is 0.462.